The van der Waals surface area contributed by atoms with Crippen molar-refractivity contribution in [2.24, 2.45) is 0 Å². The maximum atomic E-state index is 6.59. The van der Waals surface area contributed by atoms with Gasteiger partial charge in [-0.25, -0.2) is 0 Å². The molecule has 1 aromatic heterocycles. The molecule has 1 aliphatic rings. The summed E-state index contributed by atoms with van der Waals surface area (Å²) in [4.78, 5) is 0. The lowest BCUT2D eigenvalue weighted by Gasteiger charge is -2.27. The fourth-order valence-electron chi connectivity index (χ4n) is 4.24. The van der Waals surface area contributed by atoms with Crippen LogP contribution in [0.25, 0.3) is 22.2 Å². The van der Waals surface area contributed by atoms with Crippen LogP contribution in [0.15, 0.2) is 48.5 Å². The summed E-state index contributed by atoms with van der Waals surface area (Å²) in [6, 6.07) is 17.5. The Morgan fingerprint density at radius 1 is 1.07 bits per heavy atom. The summed E-state index contributed by atoms with van der Waals surface area (Å²) in [5.41, 5.74) is 12.0. The summed E-state index contributed by atoms with van der Waals surface area (Å²) in [5.74, 6) is 0. The zero-order valence-corrected chi connectivity index (χ0v) is 18.0. The number of rotatable bonds is 8. The summed E-state index contributed by atoms with van der Waals surface area (Å²) in [7, 11) is 0. The Morgan fingerprint density at radius 2 is 1.83 bits per heavy atom. The number of nitrogens with zero attached hydrogens (tertiary/aromatic N) is 1. The summed E-state index contributed by atoms with van der Waals surface area (Å²) in [5, 5.41) is 1.16. The van der Waals surface area contributed by atoms with E-state index in [-0.39, 0.29) is 6.10 Å². The molecule has 2 N–H and O–H groups in total. The largest absolute Gasteiger partial charge is 0.397 e. The van der Waals surface area contributed by atoms with Gasteiger partial charge in [0.25, 0.3) is 0 Å². The fraction of sp³-hybridized carbons (Fsp3) is 0.440. The predicted octanol–water partition coefficient (Wildman–Crippen LogP) is 5.18. The van der Waals surface area contributed by atoms with Gasteiger partial charge >= 0.3 is 0 Å². The second-order valence-corrected chi connectivity index (χ2v) is 8.20. The number of nitrogen functional groups attached to an aromatic ring is 1. The lowest BCUT2D eigenvalue weighted by Crippen LogP contribution is -2.20. The van der Waals surface area contributed by atoms with E-state index in [1.54, 1.807) is 0 Å². The third kappa shape index (κ3) is 4.69. The van der Waals surface area contributed by atoms with Crippen molar-refractivity contribution in [2.45, 2.75) is 45.4 Å². The SMILES string of the molecule is CC(C)OCCOCc1cc(N)c2c(c1)cc(-c1ccccc1)n2C1CCOCC1. The average Bonchev–Trinajstić information content (AvgIpc) is 3.15. The molecule has 0 spiro atoms. The maximum Gasteiger partial charge on any atom is 0.0721 e. The first-order valence-electron chi connectivity index (χ1n) is 10.9. The van der Waals surface area contributed by atoms with Gasteiger partial charge in [-0.15, -0.1) is 0 Å². The van der Waals surface area contributed by atoms with E-state index >= 15 is 0 Å². The lowest BCUT2D eigenvalue weighted by atomic mass is 10.1. The van der Waals surface area contributed by atoms with Crippen molar-refractivity contribution in [3.05, 3.63) is 54.1 Å². The summed E-state index contributed by atoms with van der Waals surface area (Å²) in [6.07, 6.45) is 2.23. The number of aromatic nitrogens is 1. The highest BCUT2D eigenvalue weighted by Crippen LogP contribution is 2.38. The topological polar surface area (TPSA) is 58.6 Å². The molecule has 2 heterocycles. The number of hydrogen-bond acceptors (Lipinski definition) is 4. The van der Waals surface area contributed by atoms with E-state index < -0.39 is 0 Å². The molecule has 4 rings (SSSR count). The van der Waals surface area contributed by atoms with Gasteiger partial charge in [0.05, 0.1) is 37.1 Å². The van der Waals surface area contributed by atoms with E-state index in [9.17, 15) is 0 Å². The zero-order chi connectivity index (χ0) is 20.9. The Labute approximate surface area is 178 Å². The van der Waals surface area contributed by atoms with E-state index in [0.29, 0.717) is 25.9 Å². The van der Waals surface area contributed by atoms with Gasteiger partial charge < -0.3 is 24.5 Å². The first-order chi connectivity index (χ1) is 14.6. The smallest absolute Gasteiger partial charge is 0.0721 e. The molecule has 0 radical (unpaired) electrons. The van der Waals surface area contributed by atoms with Crippen LogP contribution in [0.5, 0.6) is 0 Å². The van der Waals surface area contributed by atoms with E-state index in [0.717, 1.165) is 48.2 Å². The molecule has 0 atom stereocenters. The van der Waals surface area contributed by atoms with Crippen LogP contribution in [0.3, 0.4) is 0 Å². The van der Waals surface area contributed by atoms with E-state index in [2.05, 4.69) is 53.1 Å². The molecule has 5 heteroatoms. The number of benzene rings is 2. The second-order valence-electron chi connectivity index (χ2n) is 8.20. The zero-order valence-electron chi connectivity index (χ0n) is 18.0. The predicted molar refractivity (Wildman–Crippen MR) is 122 cm³/mol. The van der Waals surface area contributed by atoms with Crippen LogP contribution < -0.4 is 5.73 Å². The van der Waals surface area contributed by atoms with Crippen LogP contribution in [0.4, 0.5) is 5.69 Å². The van der Waals surface area contributed by atoms with Crippen LogP contribution in [0.2, 0.25) is 0 Å². The minimum atomic E-state index is 0.224. The van der Waals surface area contributed by atoms with Crippen LogP contribution >= 0.6 is 0 Å². The Kier molecular flexibility index (Phi) is 6.72. The number of anilines is 1. The third-order valence-corrected chi connectivity index (χ3v) is 5.59. The highest BCUT2D eigenvalue weighted by Gasteiger charge is 2.23. The molecule has 1 aliphatic heterocycles. The Bertz CT molecular complexity index is 959. The molecule has 2 aromatic carbocycles. The van der Waals surface area contributed by atoms with Gasteiger partial charge in [0.1, 0.15) is 0 Å². The maximum absolute atomic E-state index is 6.59. The quantitative estimate of drug-likeness (QED) is 0.412. The standard InChI is InChI=1S/C25H32N2O3/c1-18(2)30-13-12-29-17-19-14-21-16-24(20-6-4-3-5-7-20)27(25(21)23(26)15-19)22-8-10-28-11-9-22/h3-7,14-16,18,22H,8-13,17,26H2,1-2H3. The average molecular weight is 409 g/mol. The minimum Gasteiger partial charge on any atom is -0.397 e. The molecule has 30 heavy (non-hydrogen) atoms. The molecule has 0 bridgehead atoms. The Hall–Kier alpha value is -2.34. The van der Waals surface area contributed by atoms with Gasteiger partial charge in [-0.1, -0.05) is 30.3 Å². The van der Waals surface area contributed by atoms with Gasteiger partial charge in [0.2, 0.25) is 0 Å². The first kappa shape index (κ1) is 20.9. The van der Waals surface area contributed by atoms with Gasteiger partial charge in [-0.3, -0.25) is 0 Å². The summed E-state index contributed by atoms with van der Waals surface area (Å²) >= 11 is 0. The molecular formula is C25H32N2O3. The van der Waals surface area contributed by atoms with Gasteiger partial charge in [-0.2, -0.15) is 0 Å². The lowest BCUT2D eigenvalue weighted by molar-refractivity contribution is 0.0143. The Morgan fingerprint density at radius 3 is 2.57 bits per heavy atom. The summed E-state index contributed by atoms with van der Waals surface area (Å²) < 4.78 is 19.4. The van der Waals surface area contributed by atoms with E-state index in [1.807, 2.05) is 13.8 Å². The third-order valence-electron chi connectivity index (χ3n) is 5.59. The monoisotopic (exact) mass is 408 g/mol. The highest BCUT2D eigenvalue weighted by molar-refractivity contribution is 5.95. The van der Waals surface area contributed by atoms with Crippen molar-refractivity contribution in [1.82, 2.24) is 4.57 Å². The first-order valence-corrected chi connectivity index (χ1v) is 10.9. The number of ether oxygens (including phenoxy) is 3. The van der Waals surface area contributed by atoms with Gasteiger partial charge in [-0.05, 0) is 56.0 Å². The number of nitrogens with two attached hydrogens (primary N) is 1. The molecule has 3 aromatic rings. The molecule has 0 amide bonds. The fourth-order valence-corrected chi connectivity index (χ4v) is 4.24. The van der Waals surface area contributed by atoms with Gasteiger partial charge in [0, 0.05) is 30.3 Å². The van der Waals surface area contributed by atoms with Crippen LogP contribution in [0.1, 0.15) is 38.3 Å². The van der Waals surface area contributed by atoms with Crippen molar-refractivity contribution in [3.8, 4) is 11.3 Å². The van der Waals surface area contributed by atoms with Crippen molar-refractivity contribution >= 4 is 16.6 Å². The van der Waals surface area contributed by atoms with Crippen LogP contribution in [-0.4, -0.2) is 37.1 Å². The second kappa shape index (κ2) is 9.65. The van der Waals surface area contributed by atoms with Crippen LogP contribution in [-0.2, 0) is 20.8 Å². The molecule has 0 aliphatic carbocycles. The number of fused-ring (bicyclic) bond motifs is 1. The molecule has 1 fully saturated rings. The van der Waals surface area contributed by atoms with Crippen molar-refractivity contribution in [2.75, 3.05) is 32.2 Å². The molecule has 0 unspecified atom stereocenters. The molecule has 5 nitrogen and oxygen atoms in total. The normalized spacial score (nSPS) is 15.3. The molecule has 0 saturated carbocycles. The number of hydrogen-bond donors (Lipinski definition) is 1. The summed E-state index contributed by atoms with van der Waals surface area (Å²) in [6.45, 7) is 7.36. The van der Waals surface area contributed by atoms with Crippen molar-refractivity contribution in [3.63, 3.8) is 0 Å². The van der Waals surface area contributed by atoms with Crippen molar-refractivity contribution < 1.29 is 14.2 Å². The van der Waals surface area contributed by atoms with Gasteiger partial charge in [0.15, 0.2) is 0 Å². The highest BCUT2D eigenvalue weighted by atomic mass is 16.5. The van der Waals surface area contributed by atoms with Crippen LogP contribution in [0, 0.1) is 0 Å². The minimum absolute atomic E-state index is 0.224. The molecule has 1 saturated heterocycles. The molecular weight excluding hydrogens is 376 g/mol. The Balaban J connectivity index is 1.65. The van der Waals surface area contributed by atoms with E-state index in [4.69, 9.17) is 19.9 Å². The molecule has 160 valence electrons. The van der Waals surface area contributed by atoms with E-state index in [1.165, 1.54) is 11.3 Å². The van der Waals surface area contributed by atoms with Crippen molar-refractivity contribution in [1.29, 1.82) is 0 Å².